The van der Waals surface area contributed by atoms with Crippen LogP contribution in [-0.2, 0) is 0 Å². The molecule has 11 nitrogen and oxygen atoms in total. The summed E-state index contributed by atoms with van der Waals surface area (Å²) in [6.45, 7) is 76.8. The molecule has 8 rings (SSSR count). The van der Waals surface area contributed by atoms with Crippen molar-refractivity contribution in [3.8, 4) is 0 Å². The predicted molar refractivity (Wildman–Crippen MR) is 363 cm³/mol. The van der Waals surface area contributed by atoms with E-state index in [9.17, 15) is 0 Å². The maximum Gasteiger partial charge on any atom is 0.125 e. The summed E-state index contributed by atoms with van der Waals surface area (Å²) < 4.78 is 0. The van der Waals surface area contributed by atoms with Gasteiger partial charge in [-0.3, -0.25) is 24.9 Å². The van der Waals surface area contributed by atoms with Crippen molar-refractivity contribution >= 4 is 0 Å². The van der Waals surface area contributed by atoms with E-state index in [0.29, 0.717) is 0 Å². The molecule has 0 amide bonds. The third kappa shape index (κ3) is 21.8. The number of hydrogen-bond acceptors (Lipinski definition) is 11. The molecule has 0 saturated heterocycles. The molecule has 0 aliphatic heterocycles. The number of nitrogens with zero attached hydrogens (tertiary/aromatic N) is 11. The smallest absolute Gasteiger partial charge is 0.125 e. The Bertz CT molecular complexity index is 3040. The van der Waals surface area contributed by atoms with Crippen LogP contribution in [0.15, 0.2) is 0 Å². The van der Waals surface area contributed by atoms with Crippen LogP contribution in [0.3, 0.4) is 0 Å². The summed E-state index contributed by atoms with van der Waals surface area (Å²) in [4.78, 5) is 47.3. The zero-order valence-electron chi connectivity index (χ0n) is 60.4. The van der Waals surface area contributed by atoms with E-state index in [1.54, 1.807) is 0 Å². The lowest BCUT2D eigenvalue weighted by Gasteiger charge is -2.15. The minimum Gasteiger partial charge on any atom is -0.258 e. The van der Waals surface area contributed by atoms with Gasteiger partial charge in [0.15, 0.2) is 0 Å². The predicted octanol–water partition coefficient (Wildman–Crippen LogP) is 18.2. The molecule has 0 radical (unpaired) electrons. The van der Waals surface area contributed by atoms with Crippen molar-refractivity contribution in [1.29, 1.82) is 0 Å². The van der Waals surface area contributed by atoms with Crippen LogP contribution in [0.5, 0.6) is 0 Å². The standard InChI is InChI=1S/C12H18.3C10H15N.4C8H12N2/c1-7-8(2)10(4)12(6)11(5)9(7)3;3*1-6-7(2)9(4)11-10(5)8(6)3;1-5-6(2)10-8(4)7(3)9-5;3*1-5-6(2)9-8(4)10-7(5)3/h1-6H3;3*1-5H3;4*1-4H3. The first kappa shape index (κ1) is 76.0. The Morgan fingerprint density at radius 2 is 0.188 bits per heavy atom. The van der Waals surface area contributed by atoms with E-state index in [0.717, 1.165) is 109 Å². The Balaban J connectivity index is 0.000000486. The highest BCUT2D eigenvalue weighted by Crippen LogP contribution is 2.25. The van der Waals surface area contributed by atoms with E-state index in [1.807, 2.05) is 111 Å². The molecular weight excluding hydrogens is 1040 g/mol. The Morgan fingerprint density at radius 1 is 0.0941 bits per heavy atom. The average molecular weight is 1150 g/mol. The molecule has 0 bridgehead atoms. The summed E-state index contributed by atoms with van der Waals surface area (Å²) in [6.07, 6.45) is 0. The molecule has 0 aliphatic rings. The largest absolute Gasteiger partial charge is 0.258 e. The lowest BCUT2D eigenvalue weighted by atomic mass is 9.90. The van der Waals surface area contributed by atoms with Gasteiger partial charge in [0.05, 0.1) is 22.8 Å². The molecule has 7 heterocycles. The van der Waals surface area contributed by atoms with Gasteiger partial charge in [-0.25, -0.2) is 29.9 Å². The van der Waals surface area contributed by atoms with Crippen molar-refractivity contribution in [2.24, 2.45) is 0 Å². The van der Waals surface area contributed by atoms with Gasteiger partial charge in [0.25, 0.3) is 0 Å². The zero-order chi connectivity index (χ0) is 66.1. The lowest BCUT2D eigenvalue weighted by Crippen LogP contribution is -1.98. The van der Waals surface area contributed by atoms with Crippen molar-refractivity contribution in [2.45, 2.75) is 256 Å². The van der Waals surface area contributed by atoms with Crippen LogP contribution >= 0.6 is 0 Å². The van der Waals surface area contributed by atoms with Gasteiger partial charge in [-0.2, -0.15) is 0 Å². The topological polar surface area (TPSA) is 142 Å². The molecule has 8 aromatic rings. The highest BCUT2D eigenvalue weighted by Gasteiger charge is 2.10. The van der Waals surface area contributed by atoms with E-state index in [1.165, 1.54) is 100 Å². The third-order valence-electron chi connectivity index (χ3n) is 18.0. The van der Waals surface area contributed by atoms with Gasteiger partial charge in [-0.05, 0) is 356 Å². The molecule has 462 valence electrons. The Kier molecular flexibility index (Phi) is 30.1. The highest BCUT2D eigenvalue weighted by atomic mass is 14.9. The fourth-order valence-electron chi connectivity index (χ4n) is 9.06. The second-order valence-electron chi connectivity index (χ2n) is 23.5. The second-order valence-corrected chi connectivity index (χ2v) is 23.5. The number of aromatic nitrogens is 11. The monoisotopic (exact) mass is 1150 g/mol. The number of rotatable bonds is 0. The Hall–Kier alpha value is -7.01. The maximum atomic E-state index is 4.43. The van der Waals surface area contributed by atoms with Gasteiger partial charge in [-0.15, -0.1) is 0 Å². The van der Waals surface area contributed by atoms with E-state index >= 15 is 0 Å². The van der Waals surface area contributed by atoms with Gasteiger partial charge in [0, 0.05) is 68.3 Å². The van der Waals surface area contributed by atoms with E-state index in [-0.39, 0.29) is 0 Å². The maximum absolute atomic E-state index is 4.43. The van der Waals surface area contributed by atoms with E-state index < -0.39 is 0 Å². The molecule has 1 aromatic carbocycles. The highest BCUT2D eigenvalue weighted by molar-refractivity contribution is 5.48. The van der Waals surface area contributed by atoms with Crippen molar-refractivity contribution in [3.05, 3.63) is 209 Å². The van der Waals surface area contributed by atoms with E-state index in [2.05, 4.69) is 200 Å². The summed E-state index contributed by atoms with van der Waals surface area (Å²) in [5.41, 5.74) is 42.0. The van der Waals surface area contributed by atoms with Crippen molar-refractivity contribution in [3.63, 3.8) is 0 Å². The van der Waals surface area contributed by atoms with Gasteiger partial charge in [-0.1, -0.05) is 0 Å². The van der Waals surface area contributed by atoms with Crippen molar-refractivity contribution in [2.75, 3.05) is 0 Å². The van der Waals surface area contributed by atoms with Crippen LogP contribution in [-0.4, -0.2) is 54.8 Å². The molecule has 7 aromatic heterocycles. The first-order valence-electron chi connectivity index (χ1n) is 29.9. The minimum absolute atomic E-state index is 0.862. The number of hydrogen-bond donors (Lipinski definition) is 0. The minimum atomic E-state index is 0.862. The Morgan fingerprint density at radius 3 is 0.318 bits per heavy atom. The molecule has 0 fully saturated rings. The second kappa shape index (κ2) is 33.6. The van der Waals surface area contributed by atoms with Crippen molar-refractivity contribution in [1.82, 2.24) is 54.8 Å². The van der Waals surface area contributed by atoms with Gasteiger partial charge >= 0.3 is 0 Å². The van der Waals surface area contributed by atoms with E-state index in [4.69, 9.17) is 0 Å². The number of aryl methyl sites for hydroxylation is 19. The summed E-state index contributed by atoms with van der Waals surface area (Å²) in [6, 6.07) is 0. The van der Waals surface area contributed by atoms with Crippen LogP contribution < -0.4 is 0 Å². The number of pyridine rings is 3. The first-order valence-corrected chi connectivity index (χ1v) is 29.9. The summed E-state index contributed by atoms with van der Waals surface area (Å²) in [5, 5.41) is 0. The van der Waals surface area contributed by atoms with Gasteiger partial charge in [0.1, 0.15) is 17.5 Å². The quantitative estimate of drug-likeness (QED) is 0.143. The molecule has 85 heavy (non-hydrogen) atoms. The SMILES string of the molecule is Cc1c(C)c(C)c(C)c(C)c1C.Cc1nc(C)c(C)c(C)c1C.Cc1nc(C)c(C)c(C)c1C.Cc1nc(C)c(C)c(C)c1C.Cc1nc(C)c(C)c(C)n1.Cc1nc(C)c(C)c(C)n1.Cc1nc(C)c(C)c(C)n1.Cc1nc(C)c(C)nc1C. The first-order chi connectivity index (χ1) is 39.0. The summed E-state index contributed by atoms with van der Waals surface area (Å²) in [5.74, 6) is 2.59. The van der Waals surface area contributed by atoms with Gasteiger partial charge < -0.3 is 0 Å². The molecule has 0 atom stereocenters. The van der Waals surface area contributed by atoms with Crippen molar-refractivity contribution < 1.29 is 0 Å². The normalized spacial score (nSPS) is 10.2. The molecule has 0 spiro atoms. The van der Waals surface area contributed by atoms with Crippen LogP contribution in [0.2, 0.25) is 0 Å². The van der Waals surface area contributed by atoms with Crippen LogP contribution in [0.25, 0.3) is 0 Å². The van der Waals surface area contributed by atoms with Crippen LogP contribution in [0.4, 0.5) is 0 Å². The van der Waals surface area contributed by atoms with Crippen LogP contribution in [0.1, 0.15) is 209 Å². The molecular formula is C74H111N11. The average Bonchev–Trinajstić information content (AvgIpc) is 3.60. The zero-order valence-corrected chi connectivity index (χ0v) is 60.4. The lowest BCUT2D eigenvalue weighted by molar-refractivity contribution is 0.948. The summed E-state index contributed by atoms with van der Waals surface area (Å²) in [7, 11) is 0. The van der Waals surface area contributed by atoms with Crippen LogP contribution in [0, 0.1) is 256 Å². The molecule has 11 heteroatoms. The Labute approximate surface area is 517 Å². The fraction of sp³-hybridized carbons (Fsp3) is 0.500. The molecule has 0 unspecified atom stereocenters. The molecule has 0 N–H and O–H groups in total. The third-order valence-corrected chi connectivity index (χ3v) is 18.0. The molecule has 0 saturated carbocycles. The molecule has 0 aliphatic carbocycles. The summed E-state index contributed by atoms with van der Waals surface area (Å²) >= 11 is 0. The van der Waals surface area contributed by atoms with Gasteiger partial charge in [0.2, 0.25) is 0 Å². The number of benzene rings is 1. The fourth-order valence-corrected chi connectivity index (χ4v) is 9.06.